The van der Waals surface area contributed by atoms with E-state index in [9.17, 15) is 18.4 Å². The van der Waals surface area contributed by atoms with E-state index in [4.69, 9.17) is 58.0 Å². The molecule has 0 aliphatic heterocycles. The first-order valence-electron chi connectivity index (χ1n) is 9.78. The van der Waals surface area contributed by atoms with Crippen LogP contribution in [0.2, 0.25) is 15.1 Å². The lowest BCUT2D eigenvalue weighted by molar-refractivity contribution is -0.117. The van der Waals surface area contributed by atoms with Gasteiger partial charge in [-0.15, -0.1) is 23.2 Å². The number of anilines is 2. The van der Waals surface area contributed by atoms with Crippen molar-refractivity contribution < 1.29 is 18.4 Å². The molecular formula is C23H12BrCl5F2N2O2. The van der Waals surface area contributed by atoms with Crippen LogP contribution in [0.3, 0.4) is 0 Å². The molecule has 0 bridgehead atoms. The lowest BCUT2D eigenvalue weighted by Gasteiger charge is -2.11. The number of hydrogen-bond donors (Lipinski definition) is 2. The third kappa shape index (κ3) is 5.55. The second-order valence-corrected chi connectivity index (χ2v) is 11.3. The zero-order chi connectivity index (χ0) is 25.7. The summed E-state index contributed by atoms with van der Waals surface area (Å²) in [6, 6.07) is 11.1. The van der Waals surface area contributed by atoms with Crippen LogP contribution in [0.15, 0.2) is 53.0 Å². The second-order valence-electron chi connectivity index (χ2n) is 7.72. The Hall–Kier alpha value is -1.61. The fraction of sp³-hybridized carbons (Fsp3) is 0.130. The van der Waals surface area contributed by atoms with Crippen LogP contribution in [0.25, 0.3) is 0 Å². The molecule has 2 unspecified atom stereocenters. The molecule has 1 aliphatic carbocycles. The van der Waals surface area contributed by atoms with Gasteiger partial charge in [0.2, 0.25) is 5.91 Å². The molecule has 4 nitrogen and oxygen atoms in total. The zero-order valence-electron chi connectivity index (χ0n) is 17.1. The summed E-state index contributed by atoms with van der Waals surface area (Å²) in [7, 11) is 0. The minimum Gasteiger partial charge on any atom is -0.326 e. The van der Waals surface area contributed by atoms with Gasteiger partial charge in [0.15, 0.2) is 11.6 Å². The van der Waals surface area contributed by atoms with Crippen LogP contribution in [-0.4, -0.2) is 16.1 Å². The quantitative estimate of drug-likeness (QED) is 0.217. The van der Waals surface area contributed by atoms with Crippen LogP contribution in [-0.2, 0) is 4.79 Å². The maximum Gasteiger partial charge on any atom is 0.257 e. The van der Waals surface area contributed by atoms with Crippen molar-refractivity contribution in [1.82, 2.24) is 0 Å². The summed E-state index contributed by atoms with van der Waals surface area (Å²) >= 11 is 33.9. The fourth-order valence-corrected chi connectivity index (χ4v) is 5.66. The number of carbonyl (C=O) groups is 2. The monoisotopic (exact) mass is 640 g/mol. The third-order valence-corrected chi connectivity index (χ3v) is 7.58. The minimum absolute atomic E-state index is 0.00125. The van der Waals surface area contributed by atoms with Crippen LogP contribution in [0.1, 0.15) is 21.8 Å². The molecule has 0 heterocycles. The van der Waals surface area contributed by atoms with E-state index in [2.05, 4.69) is 26.6 Å². The molecule has 1 saturated carbocycles. The first kappa shape index (κ1) is 26.5. The Balaban J connectivity index is 1.52. The highest BCUT2D eigenvalue weighted by molar-refractivity contribution is 9.10. The van der Waals surface area contributed by atoms with Gasteiger partial charge in [0.05, 0.1) is 21.0 Å². The lowest BCUT2D eigenvalue weighted by atomic mass is 10.1. The third-order valence-electron chi connectivity index (χ3n) is 5.30. The number of carbonyl (C=O) groups excluding carboxylic acids is 2. The predicted octanol–water partition coefficient (Wildman–Crippen LogP) is 8.47. The van der Waals surface area contributed by atoms with Gasteiger partial charge in [-0.25, -0.2) is 8.78 Å². The van der Waals surface area contributed by atoms with Crippen LogP contribution in [0, 0.1) is 17.6 Å². The van der Waals surface area contributed by atoms with Crippen LogP contribution < -0.4 is 10.6 Å². The molecule has 3 aromatic carbocycles. The highest BCUT2D eigenvalue weighted by atomic mass is 79.9. The summed E-state index contributed by atoms with van der Waals surface area (Å²) in [6.45, 7) is 0. The van der Waals surface area contributed by atoms with E-state index in [1.165, 1.54) is 24.3 Å². The van der Waals surface area contributed by atoms with E-state index >= 15 is 0 Å². The fourth-order valence-electron chi connectivity index (χ4n) is 3.65. The maximum atomic E-state index is 13.7. The Labute approximate surface area is 232 Å². The van der Waals surface area contributed by atoms with Gasteiger partial charge in [-0.05, 0) is 64.0 Å². The van der Waals surface area contributed by atoms with Crippen LogP contribution in [0.5, 0.6) is 0 Å². The van der Waals surface area contributed by atoms with E-state index in [0.717, 1.165) is 6.07 Å². The maximum absolute atomic E-state index is 13.7. The average molecular weight is 644 g/mol. The molecule has 3 aromatic rings. The molecule has 2 atom stereocenters. The number of halogens is 8. The first-order chi connectivity index (χ1) is 16.4. The number of hydrogen-bond acceptors (Lipinski definition) is 2. The summed E-state index contributed by atoms with van der Waals surface area (Å²) < 4.78 is 25.6. The first-order valence-corrected chi connectivity index (χ1v) is 12.5. The van der Waals surface area contributed by atoms with E-state index in [1.807, 2.05) is 0 Å². The van der Waals surface area contributed by atoms with E-state index in [0.29, 0.717) is 15.6 Å². The van der Waals surface area contributed by atoms with Crippen molar-refractivity contribution in [2.24, 2.45) is 5.92 Å². The van der Waals surface area contributed by atoms with Crippen molar-refractivity contribution in [2.45, 2.75) is 10.3 Å². The molecule has 0 spiro atoms. The number of nitrogens with one attached hydrogen (secondary N) is 2. The predicted molar refractivity (Wildman–Crippen MR) is 139 cm³/mol. The van der Waals surface area contributed by atoms with Gasteiger partial charge >= 0.3 is 0 Å². The Morgan fingerprint density at radius 3 is 2.17 bits per heavy atom. The molecule has 0 saturated heterocycles. The Morgan fingerprint density at radius 2 is 1.54 bits per heavy atom. The summed E-state index contributed by atoms with van der Waals surface area (Å²) in [5.74, 6) is -4.79. The molecule has 2 N–H and O–H groups in total. The van der Waals surface area contributed by atoms with Crippen molar-refractivity contribution in [2.75, 3.05) is 10.6 Å². The van der Waals surface area contributed by atoms with Crippen molar-refractivity contribution in [3.8, 4) is 0 Å². The van der Waals surface area contributed by atoms with E-state index in [1.54, 1.807) is 18.2 Å². The number of alkyl halides is 2. The second kappa shape index (κ2) is 10.0. The van der Waals surface area contributed by atoms with Gasteiger partial charge in [0.1, 0.15) is 4.33 Å². The molecule has 4 rings (SSSR count). The summed E-state index contributed by atoms with van der Waals surface area (Å²) in [5, 5.41) is 5.94. The molecule has 0 radical (unpaired) electrons. The van der Waals surface area contributed by atoms with Crippen molar-refractivity contribution in [1.29, 1.82) is 0 Å². The molecular weight excluding hydrogens is 631 g/mol. The van der Waals surface area contributed by atoms with Crippen molar-refractivity contribution in [3.63, 3.8) is 0 Å². The number of benzene rings is 3. The number of rotatable bonds is 5. The Morgan fingerprint density at radius 1 is 0.886 bits per heavy atom. The molecule has 0 aromatic heterocycles. The molecule has 12 heteroatoms. The van der Waals surface area contributed by atoms with Crippen molar-refractivity contribution in [3.05, 3.63) is 90.8 Å². The molecule has 2 amide bonds. The summed E-state index contributed by atoms with van der Waals surface area (Å²) in [5.41, 5.74) is 0.847. The average Bonchev–Trinajstić information content (AvgIpc) is 3.34. The van der Waals surface area contributed by atoms with Gasteiger partial charge < -0.3 is 10.6 Å². The standard InChI is InChI=1S/C23H12BrCl5F2N2O2/c24-15-7-13(8-17(30)20(15)31)33-21(34)14-6-12(1-2-16(14)27)32-22(35)19-18(23(19,28)29)9-3-10(25)5-11(26)4-9/h1-8,18-19H,(H,32,35)(H,33,34). The summed E-state index contributed by atoms with van der Waals surface area (Å²) in [4.78, 5) is 25.7. The van der Waals surface area contributed by atoms with Crippen LogP contribution >= 0.6 is 73.9 Å². The normalized spacial score (nSPS) is 18.2. The van der Waals surface area contributed by atoms with Crippen LogP contribution in [0.4, 0.5) is 20.2 Å². The van der Waals surface area contributed by atoms with Gasteiger partial charge in [-0.2, -0.15) is 0 Å². The molecule has 1 fully saturated rings. The SMILES string of the molecule is O=C(Nc1cc(F)c(F)c(Br)c1)c1cc(NC(=O)C2C(c3cc(Cl)cc(Cl)c3)C2(Cl)Cl)ccc1Cl. The van der Waals surface area contributed by atoms with Gasteiger partial charge in [-0.1, -0.05) is 34.8 Å². The zero-order valence-corrected chi connectivity index (χ0v) is 22.5. The molecule has 35 heavy (non-hydrogen) atoms. The van der Waals surface area contributed by atoms with Crippen molar-refractivity contribution >= 4 is 97.1 Å². The topological polar surface area (TPSA) is 58.2 Å². The summed E-state index contributed by atoms with van der Waals surface area (Å²) in [6.07, 6.45) is 0. The Kier molecular flexibility index (Phi) is 7.59. The minimum atomic E-state index is -1.38. The smallest absolute Gasteiger partial charge is 0.257 e. The lowest BCUT2D eigenvalue weighted by Crippen LogP contribution is -2.18. The van der Waals surface area contributed by atoms with Gasteiger partial charge in [-0.3, -0.25) is 9.59 Å². The van der Waals surface area contributed by atoms with E-state index in [-0.39, 0.29) is 26.4 Å². The van der Waals surface area contributed by atoms with Gasteiger partial charge in [0, 0.05) is 33.4 Å². The highest BCUT2D eigenvalue weighted by Crippen LogP contribution is 2.65. The largest absolute Gasteiger partial charge is 0.326 e. The molecule has 1 aliphatic rings. The molecule has 182 valence electrons. The van der Waals surface area contributed by atoms with E-state index < -0.39 is 39.6 Å². The van der Waals surface area contributed by atoms with Gasteiger partial charge in [0.25, 0.3) is 5.91 Å². The number of amides is 2. The highest BCUT2D eigenvalue weighted by Gasteiger charge is 2.67. The Bertz CT molecular complexity index is 1330.